The standard InChI is InChI=1S/C15H10Cl2N2OS/c16-12-3-1-10(2-4-12)7-19-8-11(9-20)15(18-19)13-5-6-14(17)21-13/h1-6,8-9H,7H2. The third-order valence-electron chi connectivity index (χ3n) is 2.98. The van der Waals surface area contributed by atoms with Crippen molar-refractivity contribution in [1.29, 1.82) is 0 Å². The Balaban J connectivity index is 1.92. The molecular formula is C15H10Cl2N2OS. The van der Waals surface area contributed by atoms with E-state index in [1.165, 1.54) is 11.3 Å². The van der Waals surface area contributed by atoms with Gasteiger partial charge in [0.1, 0.15) is 5.69 Å². The van der Waals surface area contributed by atoms with Crippen molar-refractivity contribution in [3.63, 3.8) is 0 Å². The van der Waals surface area contributed by atoms with Crippen LogP contribution in [-0.4, -0.2) is 16.1 Å². The third-order valence-corrected chi connectivity index (χ3v) is 4.47. The van der Waals surface area contributed by atoms with Gasteiger partial charge in [-0.25, -0.2) is 0 Å². The van der Waals surface area contributed by atoms with E-state index in [1.807, 2.05) is 30.3 Å². The Hall–Kier alpha value is -1.62. The molecule has 3 nitrogen and oxygen atoms in total. The van der Waals surface area contributed by atoms with Gasteiger partial charge in [0.05, 0.1) is 21.3 Å². The van der Waals surface area contributed by atoms with Crippen LogP contribution >= 0.6 is 34.5 Å². The molecule has 3 aromatic rings. The molecule has 2 heterocycles. The number of rotatable bonds is 4. The number of carbonyl (C=O) groups excluding carboxylic acids is 1. The van der Waals surface area contributed by atoms with Gasteiger partial charge in [-0.3, -0.25) is 9.48 Å². The third kappa shape index (κ3) is 3.18. The van der Waals surface area contributed by atoms with Crippen molar-refractivity contribution < 1.29 is 4.79 Å². The van der Waals surface area contributed by atoms with E-state index in [0.717, 1.165) is 16.7 Å². The van der Waals surface area contributed by atoms with E-state index in [0.29, 0.717) is 27.2 Å². The molecule has 6 heteroatoms. The second kappa shape index (κ2) is 6.02. The van der Waals surface area contributed by atoms with Gasteiger partial charge < -0.3 is 0 Å². The Labute approximate surface area is 135 Å². The Morgan fingerprint density at radius 3 is 2.52 bits per heavy atom. The van der Waals surface area contributed by atoms with Crippen LogP contribution in [0.3, 0.4) is 0 Å². The number of hydrogen-bond acceptors (Lipinski definition) is 3. The first kappa shape index (κ1) is 14.3. The maximum Gasteiger partial charge on any atom is 0.153 e. The van der Waals surface area contributed by atoms with Crippen LogP contribution in [0.15, 0.2) is 42.6 Å². The molecule has 0 atom stereocenters. The van der Waals surface area contributed by atoms with Gasteiger partial charge in [-0.15, -0.1) is 11.3 Å². The maximum atomic E-state index is 11.2. The molecule has 2 aromatic heterocycles. The van der Waals surface area contributed by atoms with E-state index in [2.05, 4.69) is 5.10 Å². The Kier molecular flexibility index (Phi) is 4.10. The van der Waals surface area contributed by atoms with E-state index < -0.39 is 0 Å². The van der Waals surface area contributed by atoms with Crippen molar-refractivity contribution in [2.45, 2.75) is 6.54 Å². The van der Waals surface area contributed by atoms with Crippen LogP contribution in [0, 0.1) is 0 Å². The number of aldehydes is 1. The molecule has 0 radical (unpaired) electrons. The van der Waals surface area contributed by atoms with Gasteiger partial charge in [0, 0.05) is 11.2 Å². The summed E-state index contributed by atoms with van der Waals surface area (Å²) in [6, 6.07) is 11.2. The van der Waals surface area contributed by atoms with Crippen molar-refractivity contribution in [3.05, 3.63) is 63.1 Å². The second-order valence-electron chi connectivity index (χ2n) is 4.48. The highest BCUT2D eigenvalue weighted by Crippen LogP contribution is 2.31. The summed E-state index contributed by atoms with van der Waals surface area (Å²) in [5, 5.41) is 5.18. The average Bonchev–Trinajstić information content (AvgIpc) is 3.07. The molecule has 0 fully saturated rings. The Bertz CT molecular complexity index is 777. The molecule has 0 spiro atoms. The highest BCUT2D eigenvalue weighted by atomic mass is 35.5. The number of benzene rings is 1. The zero-order valence-electron chi connectivity index (χ0n) is 10.8. The molecular weight excluding hydrogens is 327 g/mol. The smallest absolute Gasteiger partial charge is 0.153 e. The molecule has 0 saturated heterocycles. The summed E-state index contributed by atoms with van der Waals surface area (Å²) >= 11 is 13.2. The van der Waals surface area contributed by atoms with Crippen LogP contribution in [0.1, 0.15) is 15.9 Å². The van der Waals surface area contributed by atoms with Gasteiger partial charge in [-0.2, -0.15) is 5.10 Å². The van der Waals surface area contributed by atoms with Gasteiger partial charge >= 0.3 is 0 Å². The second-order valence-corrected chi connectivity index (χ2v) is 6.63. The summed E-state index contributed by atoms with van der Waals surface area (Å²) in [6.45, 7) is 0.580. The van der Waals surface area contributed by atoms with Crippen molar-refractivity contribution in [2.24, 2.45) is 0 Å². The first-order valence-corrected chi connectivity index (χ1v) is 7.76. The van der Waals surface area contributed by atoms with E-state index in [4.69, 9.17) is 23.2 Å². The zero-order valence-corrected chi connectivity index (χ0v) is 13.1. The van der Waals surface area contributed by atoms with Gasteiger partial charge in [-0.05, 0) is 29.8 Å². The lowest BCUT2D eigenvalue weighted by molar-refractivity contribution is 0.112. The van der Waals surface area contributed by atoms with Gasteiger partial charge in [0.25, 0.3) is 0 Å². The maximum absolute atomic E-state index is 11.2. The summed E-state index contributed by atoms with van der Waals surface area (Å²) in [4.78, 5) is 12.1. The molecule has 0 bridgehead atoms. The summed E-state index contributed by atoms with van der Waals surface area (Å²) in [5.41, 5.74) is 2.29. The normalized spacial score (nSPS) is 10.8. The number of nitrogens with zero attached hydrogens (tertiary/aromatic N) is 2. The van der Waals surface area contributed by atoms with Gasteiger partial charge in [-0.1, -0.05) is 35.3 Å². The topological polar surface area (TPSA) is 34.9 Å². The lowest BCUT2D eigenvalue weighted by Crippen LogP contribution is -1.99. The zero-order chi connectivity index (χ0) is 14.8. The fraction of sp³-hybridized carbons (Fsp3) is 0.0667. The largest absolute Gasteiger partial charge is 0.298 e. The SMILES string of the molecule is O=Cc1cn(Cc2ccc(Cl)cc2)nc1-c1ccc(Cl)s1. The van der Waals surface area contributed by atoms with Crippen molar-refractivity contribution >= 4 is 40.8 Å². The Morgan fingerprint density at radius 2 is 1.90 bits per heavy atom. The van der Waals surface area contributed by atoms with E-state index in [-0.39, 0.29) is 0 Å². The molecule has 0 aliphatic rings. The number of aromatic nitrogens is 2. The van der Waals surface area contributed by atoms with Crippen LogP contribution in [0.4, 0.5) is 0 Å². The quantitative estimate of drug-likeness (QED) is 0.642. The average molecular weight is 337 g/mol. The summed E-state index contributed by atoms with van der Waals surface area (Å²) in [6.07, 6.45) is 2.55. The predicted octanol–water partition coefficient (Wildman–Crippen LogP) is 4.78. The van der Waals surface area contributed by atoms with Crippen LogP contribution in [0.25, 0.3) is 10.6 Å². The molecule has 1 aromatic carbocycles. The minimum atomic E-state index is 0.558. The minimum Gasteiger partial charge on any atom is -0.298 e. The van der Waals surface area contributed by atoms with E-state index in [9.17, 15) is 4.79 Å². The van der Waals surface area contributed by atoms with E-state index >= 15 is 0 Å². The van der Waals surface area contributed by atoms with Crippen LogP contribution in [-0.2, 0) is 6.54 Å². The summed E-state index contributed by atoms with van der Waals surface area (Å²) < 4.78 is 2.42. The number of hydrogen-bond donors (Lipinski definition) is 0. The van der Waals surface area contributed by atoms with Crippen LogP contribution in [0.5, 0.6) is 0 Å². The van der Waals surface area contributed by atoms with E-state index in [1.54, 1.807) is 16.9 Å². The highest BCUT2D eigenvalue weighted by molar-refractivity contribution is 7.19. The molecule has 0 saturated carbocycles. The fourth-order valence-corrected chi connectivity index (χ4v) is 3.19. The van der Waals surface area contributed by atoms with Crippen molar-refractivity contribution in [1.82, 2.24) is 9.78 Å². The molecule has 0 aliphatic heterocycles. The Morgan fingerprint density at radius 1 is 1.14 bits per heavy atom. The van der Waals surface area contributed by atoms with Crippen LogP contribution < -0.4 is 0 Å². The predicted molar refractivity (Wildman–Crippen MR) is 86.5 cm³/mol. The first-order valence-electron chi connectivity index (χ1n) is 6.18. The molecule has 0 N–H and O–H groups in total. The highest BCUT2D eigenvalue weighted by Gasteiger charge is 2.13. The number of thiophene rings is 1. The summed E-state index contributed by atoms with van der Waals surface area (Å²) in [5.74, 6) is 0. The lowest BCUT2D eigenvalue weighted by Gasteiger charge is -2.01. The molecule has 0 amide bonds. The molecule has 21 heavy (non-hydrogen) atoms. The lowest BCUT2D eigenvalue weighted by atomic mass is 10.2. The number of carbonyl (C=O) groups is 1. The van der Waals surface area contributed by atoms with Crippen molar-refractivity contribution in [3.8, 4) is 10.6 Å². The van der Waals surface area contributed by atoms with Crippen LogP contribution in [0.2, 0.25) is 9.36 Å². The summed E-state index contributed by atoms with van der Waals surface area (Å²) in [7, 11) is 0. The molecule has 3 rings (SSSR count). The molecule has 106 valence electrons. The van der Waals surface area contributed by atoms with Gasteiger partial charge in [0.2, 0.25) is 0 Å². The fourth-order valence-electron chi connectivity index (χ4n) is 2.01. The molecule has 0 aliphatic carbocycles. The first-order chi connectivity index (χ1) is 10.2. The minimum absolute atomic E-state index is 0.558. The monoisotopic (exact) mass is 336 g/mol. The molecule has 0 unspecified atom stereocenters. The number of halogens is 2. The van der Waals surface area contributed by atoms with Gasteiger partial charge in [0.15, 0.2) is 6.29 Å². The van der Waals surface area contributed by atoms with Crippen molar-refractivity contribution in [2.75, 3.05) is 0 Å².